The lowest BCUT2D eigenvalue weighted by atomic mass is 9.80. The van der Waals surface area contributed by atoms with Gasteiger partial charge in [-0.3, -0.25) is 14.5 Å². The maximum absolute atomic E-state index is 14.1. The van der Waals surface area contributed by atoms with Crippen LogP contribution in [0, 0.1) is 5.92 Å². The van der Waals surface area contributed by atoms with Crippen molar-refractivity contribution >= 4 is 17.6 Å². The van der Waals surface area contributed by atoms with Crippen LogP contribution < -0.4 is 4.74 Å². The first-order valence-corrected chi connectivity index (χ1v) is 21.0. The second kappa shape index (κ2) is 22.5. The minimum absolute atomic E-state index is 0.0179. The van der Waals surface area contributed by atoms with Gasteiger partial charge < -0.3 is 28.5 Å². The summed E-state index contributed by atoms with van der Waals surface area (Å²) in [7, 11) is 1.67. The molecule has 0 aliphatic carbocycles. The van der Waals surface area contributed by atoms with Crippen LogP contribution in [-0.4, -0.2) is 67.2 Å². The zero-order valence-electron chi connectivity index (χ0n) is 34.1. The molecule has 308 valence electrons. The number of imide groups is 1. The van der Waals surface area contributed by atoms with Gasteiger partial charge in [0.1, 0.15) is 11.5 Å². The summed E-state index contributed by atoms with van der Waals surface area (Å²) >= 11 is 0. The number of nitrogens with zero attached hydrogens (tertiary/aromatic N) is 1. The number of rotatable bonds is 24. The lowest BCUT2D eigenvalue weighted by molar-refractivity contribution is -0.205. The molecule has 6 rings (SSSR count). The molecule has 0 radical (unpaired) electrons. The fourth-order valence-electron chi connectivity index (χ4n) is 8.23. The Labute approximate surface area is 344 Å². The molecule has 0 saturated carbocycles. The van der Waals surface area contributed by atoms with Crippen molar-refractivity contribution in [2.45, 2.75) is 115 Å². The number of hydrogen-bond acceptors (Lipinski definition) is 8. The van der Waals surface area contributed by atoms with Crippen LogP contribution in [0.5, 0.6) is 5.75 Å². The molecule has 2 aliphatic heterocycles. The summed E-state index contributed by atoms with van der Waals surface area (Å²) in [6, 6.07) is 34.0. The molecule has 58 heavy (non-hydrogen) atoms. The average Bonchev–Trinajstić information content (AvgIpc) is 3.50. The standard InChI is InChI=1S/C49H59NO8/c1-36(51)31-43-45(35-56-33-37-19-11-9-12-20-37)58-44(25-15-7-5-3-4-6-8-18-30-55-32-39-26-28-40(54-2)29-27-39)46(47(43)57-34-38-21-13-10-14-22-38)50-48(52)41-23-16-17-24-42(41)49(50)53/h9-14,16-17,19-24,26-29,43-47H,3-8,15,18,25,30-35H2,1-2H3/t43-,44+,45-,46+,47+/m1/s1. The number of amides is 2. The number of hydrogen-bond donors (Lipinski definition) is 0. The number of carbonyl (C=O) groups excluding carboxylic acids is 3. The van der Waals surface area contributed by atoms with Crippen molar-refractivity contribution in [1.82, 2.24) is 4.90 Å². The van der Waals surface area contributed by atoms with Crippen molar-refractivity contribution in [2.24, 2.45) is 5.92 Å². The lowest BCUT2D eigenvalue weighted by Gasteiger charge is -2.49. The predicted molar refractivity (Wildman–Crippen MR) is 223 cm³/mol. The average molecular weight is 790 g/mol. The molecule has 2 amide bonds. The molecule has 0 spiro atoms. The van der Waals surface area contributed by atoms with Crippen molar-refractivity contribution in [3.63, 3.8) is 0 Å². The summed E-state index contributed by atoms with van der Waals surface area (Å²) in [5, 5.41) is 0. The number of ether oxygens (including phenoxy) is 5. The smallest absolute Gasteiger partial charge is 0.261 e. The van der Waals surface area contributed by atoms with Gasteiger partial charge in [-0.05, 0) is 60.7 Å². The van der Waals surface area contributed by atoms with Gasteiger partial charge in [-0.15, -0.1) is 0 Å². The molecular formula is C49H59NO8. The Bertz CT molecular complexity index is 1830. The summed E-state index contributed by atoms with van der Waals surface area (Å²) in [6.45, 7) is 3.84. The highest BCUT2D eigenvalue weighted by molar-refractivity contribution is 6.21. The summed E-state index contributed by atoms with van der Waals surface area (Å²) in [5.41, 5.74) is 3.91. The number of fused-ring (bicyclic) bond motifs is 1. The van der Waals surface area contributed by atoms with E-state index in [0.717, 1.165) is 67.6 Å². The van der Waals surface area contributed by atoms with E-state index < -0.39 is 30.3 Å². The number of Topliss-reactive ketones (excluding diaryl/α,β-unsaturated/α-hetero) is 1. The van der Waals surface area contributed by atoms with E-state index in [0.29, 0.717) is 30.8 Å². The van der Waals surface area contributed by atoms with Crippen LogP contribution in [0.4, 0.5) is 0 Å². The monoisotopic (exact) mass is 789 g/mol. The summed E-state index contributed by atoms with van der Waals surface area (Å²) < 4.78 is 31.1. The van der Waals surface area contributed by atoms with Gasteiger partial charge >= 0.3 is 0 Å². The molecule has 4 aromatic rings. The zero-order valence-corrected chi connectivity index (χ0v) is 34.1. The maximum atomic E-state index is 14.1. The molecule has 9 heteroatoms. The second-order valence-electron chi connectivity index (χ2n) is 15.6. The Morgan fingerprint density at radius 3 is 1.76 bits per heavy atom. The minimum Gasteiger partial charge on any atom is -0.497 e. The SMILES string of the molecule is COc1ccc(COCCCCCCCCCC[C@@H]2O[C@H](COCc3ccccc3)[C@@H](CC(C)=O)[C@H](OCc3ccccc3)[C@H]2N2C(=O)c3ccccc3C2=O)cc1. The van der Waals surface area contributed by atoms with Gasteiger partial charge in [0.25, 0.3) is 11.8 Å². The molecule has 2 heterocycles. The Kier molecular flexibility index (Phi) is 16.6. The normalized spacial score (nSPS) is 20.3. The summed E-state index contributed by atoms with van der Waals surface area (Å²) in [6.07, 6.45) is 7.77. The number of ketones is 1. The maximum Gasteiger partial charge on any atom is 0.261 e. The van der Waals surface area contributed by atoms with Crippen molar-refractivity contribution in [2.75, 3.05) is 20.3 Å². The number of carbonyl (C=O) groups is 3. The molecular weight excluding hydrogens is 731 g/mol. The third kappa shape index (κ3) is 11.9. The quantitative estimate of drug-likeness (QED) is 0.0512. The van der Waals surface area contributed by atoms with E-state index in [2.05, 4.69) is 0 Å². The fraction of sp³-hybridized carbons (Fsp3) is 0.449. The van der Waals surface area contributed by atoms with Gasteiger partial charge in [0.05, 0.1) is 69.0 Å². The number of methoxy groups -OCH3 is 1. The second-order valence-corrected chi connectivity index (χ2v) is 15.6. The zero-order chi connectivity index (χ0) is 40.5. The van der Waals surface area contributed by atoms with Crippen molar-refractivity contribution in [3.8, 4) is 5.75 Å². The lowest BCUT2D eigenvalue weighted by Crippen LogP contribution is -2.64. The first-order chi connectivity index (χ1) is 28.4. The molecule has 2 aliphatic rings. The van der Waals surface area contributed by atoms with E-state index in [1.165, 1.54) is 17.7 Å². The molecule has 0 N–H and O–H groups in total. The van der Waals surface area contributed by atoms with Gasteiger partial charge in [0.2, 0.25) is 0 Å². The summed E-state index contributed by atoms with van der Waals surface area (Å²) in [4.78, 5) is 42.6. The van der Waals surface area contributed by atoms with Crippen LogP contribution in [-0.2, 0) is 43.6 Å². The molecule has 0 bridgehead atoms. The minimum atomic E-state index is -0.724. The van der Waals surface area contributed by atoms with Gasteiger partial charge in [-0.1, -0.05) is 130 Å². The van der Waals surface area contributed by atoms with Gasteiger partial charge in [0.15, 0.2) is 0 Å². The van der Waals surface area contributed by atoms with Gasteiger partial charge in [-0.2, -0.15) is 0 Å². The van der Waals surface area contributed by atoms with Crippen molar-refractivity contribution in [3.05, 3.63) is 137 Å². The third-order valence-corrected chi connectivity index (χ3v) is 11.2. The van der Waals surface area contributed by atoms with Crippen LogP contribution in [0.3, 0.4) is 0 Å². The molecule has 5 atom stereocenters. The first kappa shape index (κ1) is 42.9. The first-order valence-electron chi connectivity index (χ1n) is 21.0. The van der Waals surface area contributed by atoms with Gasteiger partial charge in [-0.25, -0.2) is 0 Å². The van der Waals surface area contributed by atoms with E-state index in [4.69, 9.17) is 23.7 Å². The fourth-order valence-corrected chi connectivity index (χ4v) is 8.23. The molecule has 1 fully saturated rings. The van der Waals surface area contributed by atoms with Crippen molar-refractivity contribution < 1.29 is 38.1 Å². The van der Waals surface area contributed by atoms with E-state index in [9.17, 15) is 14.4 Å². The molecule has 0 unspecified atom stereocenters. The van der Waals surface area contributed by atoms with Crippen LogP contribution in [0.25, 0.3) is 0 Å². The molecule has 0 aromatic heterocycles. The van der Waals surface area contributed by atoms with E-state index in [1.54, 1.807) is 38.3 Å². The third-order valence-electron chi connectivity index (χ3n) is 11.2. The van der Waals surface area contributed by atoms with Crippen LogP contribution in [0.15, 0.2) is 109 Å². The highest BCUT2D eigenvalue weighted by Crippen LogP contribution is 2.40. The largest absolute Gasteiger partial charge is 0.497 e. The molecule has 9 nitrogen and oxygen atoms in total. The molecule has 1 saturated heterocycles. The Morgan fingerprint density at radius 2 is 1.16 bits per heavy atom. The van der Waals surface area contributed by atoms with E-state index >= 15 is 0 Å². The number of benzene rings is 4. The topological polar surface area (TPSA) is 101 Å². The highest BCUT2D eigenvalue weighted by atomic mass is 16.6. The Morgan fingerprint density at radius 1 is 0.621 bits per heavy atom. The number of unbranched alkanes of at least 4 members (excludes halogenated alkanes) is 7. The van der Waals surface area contributed by atoms with E-state index in [1.807, 2.05) is 84.9 Å². The van der Waals surface area contributed by atoms with Gasteiger partial charge in [0, 0.05) is 18.9 Å². The summed E-state index contributed by atoms with van der Waals surface area (Å²) in [5.74, 6) is -0.313. The van der Waals surface area contributed by atoms with Crippen LogP contribution in [0.1, 0.15) is 109 Å². The van der Waals surface area contributed by atoms with Crippen LogP contribution >= 0.6 is 0 Å². The Hall–Kier alpha value is -4.67. The van der Waals surface area contributed by atoms with Crippen LogP contribution in [0.2, 0.25) is 0 Å². The molecule has 4 aromatic carbocycles. The van der Waals surface area contributed by atoms with E-state index in [-0.39, 0.29) is 37.2 Å². The van der Waals surface area contributed by atoms with Crippen molar-refractivity contribution in [1.29, 1.82) is 0 Å². The predicted octanol–water partition coefficient (Wildman–Crippen LogP) is 9.55. The highest BCUT2D eigenvalue weighted by Gasteiger charge is 2.54. The Balaban J connectivity index is 1.10.